The Morgan fingerprint density at radius 1 is 1.22 bits per heavy atom. The maximum absolute atomic E-state index is 13.1. The lowest BCUT2D eigenvalue weighted by molar-refractivity contribution is 0.0531. The van der Waals surface area contributed by atoms with E-state index in [1.807, 2.05) is 13.0 Å². The Morgan fingerprint density at radius 2 is 2.06 bits per heavy atom. The zero-order chi connectivity index (χ0) is 22.7. The summed E-state index contributed by atoms with van der Waals surface area (Å²) < 4.78 is 11.9. The van der Waals surface area contributed by atoms with Gasteiger partial charge in [0, 0.05) is 29.4 Å². The summed E-state index contributed by atoms with van der Waals surface area (Å²) in [7, 11) is 1.55. The van der Waals surface area contributed by atoms with Gasteiger partial charge in [0.15, 0.2) is 0 Å². The molecule has 2 atom stereocenters. The standard InChI is InChI=1S/C21H22BrN5O4S/c1-11-6-14(15-8-18(22)24-10-17(15)30-2)16(9-23-11)19(29)25-20-26-27-21(32-20)31-13-5-3-4-12(28)7-13/h6,8-10,12-13,28H,3-5,7H2,1-2H3,(H,25,26,29)/t12-,13-/m1/s1. The van der Waals surface area contributed by atoms with Crippen molar-refractivity contribution < 1.29 is 19.4 Å². The lowest BCUT2D eigenvalue weighted by Gasteiger charge is -2.25. The van der Waals surface area contributed by atoms with Crippen molar-refractivity contribution in [2.45, 2.75) is 44.8 Å². The quantitative estimate of drug-likeness (QED) is 0.468. The van der Waals surface area contributed by atoms with Crippen molar-refractivity contribution >= 4 is 38.3 Å². The number of methoxy groups -OCH3 is 1. The molecule has 32 heavy (non-hydrogen) atoms. The SMILES string of the molecule is COc1cnc(Br)cc1-c1cc(C)ncc1C(=O)Nc1nnc(O[C@@H]2CCC[C@@H](O)C2)s1. The van der Waals surface area contributed by atoms with E-state index < -0.39 is 0 Å². The fourth-order valence-corrected chi connectivity index (χ4v) is 4.58. The van der Waals surface area contributed by atoms with Crippen LogP contribution < -0.4 is 14.8 Å². The Kier molecular flexibility index (Phi) is 6.97. The van der Waals surface area contributed by atoms with E-state index in [-0.39, 0.29) is 18.1 Å². The summed E-state index contributed by atoms with van der Waals surface area (Å²) >= 11 is 4.52. The summed E-state index contributed by atoms with van der Waals surface area (Å²) in [6, 6.07) is 3.61. The Morgan fingerprint density at radius 3 is 2.84 bits per heavy atom. The predicted octanol–water partition coefficient (Wildman–Crippen LogP) is 4.01. The number of aromatic nitrogens is 4. The summed E-state index contributed by atoms with van der Waals surface area (Å²) in [5.41, 5.74) is 2.49. The second-order valence-electron chi connectivity index (χ2n) is 7.47. The van der Waals surface area contributed by atoms with E-state index in [1.54, 1.807) is 19.4 Å². The summed E-state index contributed by atoms with van der Waals surface area (Å²) in [6.45, 7) is 1.85. The molecule has 0 unspecified atom stereocenters. The molecule has 2 N–H and O–H groups in total. The van der Waals surface area contributed by atoms with Gasteiger partial charge in [0.25, 0.3) is 11.1 Å². The number of hydrogen-bond acceptors (Lipinski definition) is 9. The maximum Gasteiger partial charge on any atom is 0.296 e. The molecular formula is C21H22BrN5O4S. The topological polar surface area (TPSA) is 119 Å². The predicted molar refractivity (Wildman–Crippen MR) is 123 cm³/mol. The van der Waals surface area contributed by atoms with Gasteiger partial charge < -0.3 is 14.6 Å². The van der Waals surface area contributed by atoms with Crippen LogP contribution in [0.15, 0.2) is 29.1 Å². The van der Waals surface area contributed by atoms with Gasteiger partial charge >= 0.3 is 0 Å². The normalized spacial score (nSPS) is 18.2. The van der Waals surface area contributed by atoms with Crippen molar-refractivity contribution in [2.24, 2.45) is 0 Å². The summed E-state index contributed by atoms with van der Waals surface area (Å²) in [4.78, 5) is 21.6. The van der Waals surface area contributed by atoms with Crippen LogP contribution in [-0.4, -0.2) is 50.5 Å². The smallest absolute Gasteiger partial charge is 0.296 e. The molecule has 1 amide bonds. The number of aryl methyl sites for hydroxylation is 1. The fraction of sp³-hybridized carbons (Fsp3) is 0.381. The number of carbonyl (C=O) groups is 1. The van der Waals surface area contributed by atoms with Gasteiger partial charge in [-0.05, 0) is 65.6 Å². The second kappa shape index (κ2) is 9.88. The van der Waals surface area contributed by atoms with Gasteiger partial charge in [-0.15, -0.1) is 5.10 Å². The van der Waals surface area contributed by atoms with Crippen molar-refractivity contribution in [1.82, 2.24) is 20.2 Å². The molecule has 9 nitrogen and oxygen atoms in total. The van der Waals surface area contributed by atoms with Crippen molar-refractivity contribution in [1.29, 1.82) is 0 Å². The molecule has 4 rings (SSSR count). The van der Waals surface area contributed by atoms with Crippen molar-refractivity contribution in [3.05, 3.63) is 40.4 Å². The Bertz CT molecular complexity index is 1130. The number of carbonyl (C=O) groups excluding carboxylic acids is 1. The van der Waals surface area contributed by atoms with Crippen molar-refractivity contribution in [3.8, 4) is 22.1 Å². The Balaban J connectivity index is 1.55. The molecule has 0 aromatic carbocycles. The van der Waals surface area contributed by atoms with Gasteiger partial charge in [0.2, 0.25) is 5.13 Å². The van der Waals surface area contributed by atoms with Gasteiger partial charge in [-0.3, -0.25) is 15.1 Å². The van der Waals surface area contributed by atoms with Gasteiger partial charge in [-0.2, -0.15) is 0 Å². The highest BCUT2D eigenvalue weighted by Gasteiger charge is 2.24. The number of aliphatic hydroxyl groups is 1. The molecular weight excluding hydrogens is 498 g/mol. The first-order chi connectivity index (χ1) is 15.4. The lowest BCUT2D eigenvalue weighted by Crippen LogP contribution is -2.28. The van der Waals surface area contributed by atoms with E-state index in [1.165, 1.54) is 6.20 Å². The van der Waals surface area contributed by atoms with Gasteiger partial charge in [0.1, 0.15) is 16.5 Å². The number of pyridine rings is 2. The molecule has 0 aliphatic heterocycles. The number of rotatable bonds is 6. The molecule has 1 saturated carbocycles. The van der Waals surface area contributed by atoms with E-state index in [4.69, 9.17) is 9.47 Å². The zero-order valence-corrected chi connectivity index (χ0v) is 19.9. The fourth-order valence-electron chi connectivity index (χ4n) is 3.60. The molecule has 1 fully saturated rings. The summed E-state index contributed by atoms with van der Waals surface area (Å²) in [6.07, 6.45) is 5.81. The first kappa shape index (κ1) is 22.6. The average molecular weight is 520 g/mol. The van der Waals surface area contributed by atoms with Crippen LogP contribution in [0.3, 0.4) is 0 Å². The molecule has 3 aromatic rings. The highest BCUT2D eigenvalue weighted by atomic mass is 79.9. The Labute approximate surface area is 197 Å². The number of anilines is 1. The van der Waals surface area contributed by atoms with Gasteiger partial charge in [-0.25, -0.2) is 4.98 Å². The van der Waals surface area contributed by atoms with Crippen LogP contribution >= 0.6 is 27.3 Å². The number of ether oxygens (including phenoxy) is 2. The highest BCUT2D eigenvalue weighted by Crippen LogP contribution is 2.34. The second-order valence-corrected chi connectivity index (χ2v) is 9.22. The molecule has 0 spiro atoms. The average Bonchev–Trinajstić information content (AvgIpc) is 3.20. The molecule has 3 aromatic heterocycles. The molecule has 3 heterocycles. The van der Waals surface area contributed by atoms with Gasteiger partial charge in [-0.1, -0.05) is 5.10 Å². The number of hydrogen-bond donors (Lipinski definition) is 2. The molecule has 1 aliphatic carbocycles. The van der Waals surface area contributed by atoms with Gasteiger partial charge in [0.05, 0.1) is 25.0 Å². The van der Waals surface area contributed by atoms with Crippen LogP contribution in [0.4, 0.5) is 5.13 Å². The third-order valence-corrected chi connectivity index (χ3v) is 6.29. The first-order valence-electron chi connectivity index (χ1n) is 10.1. The maximum atomic E-state index is 13.1. The molecule has 0 bridgehead atoms. The van der Waals surface area contributed by atoms with E-state index in [0.29, 0.717) is 43.8 Å². The lowest BCUT2D eigenvalue weighted by atomic mass is 9.95. The third-order valence-electron chi connectivity index (χ3n) is 5.12. The van der Waals surface area contributed by atoms with E-state index in [9.17, 15) is 9.90 Å². The number of halogens is 1. The number of nitrogens with one attached hydrogen (secondary N) is 1. The number of aliphatic hydroxyl groups excluding tert-OH is 1. The highest BCUT2D eigenvalue weighted by molar-refractivity contribution is 9.10. The summed E-state index contributed by atoms with van der Waals surface area (Å²) in [5, 5.41) is 21.3. The first-order valence-corrected chi connectivity index (χ1v) is 11.7. The number of amides is 1. The molecule has 168 valence electrons. The van der Waals surface area contributed by atoms with Crippen molar-refractivity contribution in [2.75, 3.05) is 12.4 Å². The van der Waals surface area contributed by atoms with Crippen LogP contribution in [0.5, 0.6) is 10.9 Å². The monoisotopic (exact) mass is 519 g/mol. The van der Waals surface area contributed by atoms with E-state index in [0.717, 1.165) is 36.3 Å². The number of nitrogens with zero attached hydrogens (tertiary/aromatic N) is 4. The van der Waals surface area contributed by atoms with Crippen LogP contribution in [0.1, 0.15) is 41.7 Å². The zero-order valence-electron chi connectivity index (χ0n) is 17.5. The largest absolute Gasteiger partial charge is 0.494 e. The van der Waals surface area contributed by atoms with Crippen LogP contribution in [0, 0.1) is 6.92 Å². The minimum atomic E-state index is -0.377. The molecule has 11 heteroatoms. The van der Waals surface area contributed by atoms with Crippen LogP contribution in [-0.2, 0) is 0 Å². The summed E-state index contributed by atoms with van der Waals surface area (Å²) in [5.74, 6) is 0.160. The molecule has 1 aliphatic rings. The minimum Gasteiger partial charge on any atom is -0.494 e. The van der Waals surface area contributed by atoms with Crippen LogP contribution in [0.2, 0.25) is 0 Å². The van der Waals surface area contributed by atoms with E-state index >= 15 is 0 Å². The van der Waals surface area contributed by atoms with Crippen LogP contribution in [0.25, 0.3) is 11.1 Å². The third kappa shape index (κ3) is 5.22. The van der Waals surface area contributed by atoms with E-state index in [2.05, 4.69) is 41.4 Å². The molecule has 0 saturated heterocycles. The minimum absolute atomic E-state index is 0.0965. The molecule has 0 radical (unpaired) electrons. The Hall–Kier alpha value is -2.63. The van der Waals surface area contributed by atoms with Crippen molar-refractivity contribution in [3.63, 3.8) is 0 Å².